The number of rotatable bonds is 2. The molecule has 2 heterocycles. The monoisotopic (exact) mass is 364 g/mol. The van der Waals surface area contributed by atoms with E-state index in [1.807, 2.05) is 18.2 Å². The Morgan fingerprint density at radius 3 is 2.86 bits per heavy atom. The number of halogens is 1. The van der Waals surface area contributed by atoms with Crippen LogP contribution in [0.2, 0.25) is 0 Å². The van der Waals surface area contributed by atoms with Crippen molar-refractivity contribution < 1.29 is 19.2 Å². The van der Waals surface area contributed by atoms with Gasteiger partial charge in [0, 0.05) is 23.5 Å². The molecule has 1 unspecified atom stereocenters. The van der Waals surface area contributed by atoms with Crippen molar-refractivity contribution in [3.8, 4) is 0 Å². The van der Waals surface area contributed by atoms with Crippen LogP contribution in [0.25, 0.3) is 0 Å². The number of hydrogen-bond donors (Lipinski definition) is 1. The maximum absolute atomic E-state index is 12.5. The predicted molar refractivity (Wildman–Crippen MR) is 80.4 cm³/mol. The summed E-state index contributed by atoms with van der Waals surface area (Å²) in [5.41, 5.74) is 2.43. The van der Waals surface area contributed by atoms with Crippen LogP contribution in [0, 0.1) is 6.92 Å². The first kappa shape index (κ1) is 14.8. The van der Waals surface area contributed by atoms with E-state index in [-0.39, 0.29) is 18.7 Å². The fourth-order valence-corrected chi connectivity index (χ4v) is 3.19. The third-order valence-electron chi connectivity index (χ3n) is 3.71. The molecule has 1 amide bonds. The number of benzene rings is 1. The Balaban J connectivity index is 1.99. The van der Waals surface area contributed by atoms with Crippen molar-refractivity contribution in [3.05, 3.63) is 51.3 Å². The lowest BCUT2D eigenvalue weighted by Crippen LogP contribution is -2.48. The van der Waals surface area contributed by atoms with Crippen LogP contribution in [0.3, 0.4) is 0 Å². The van der Waals surface area contributed by atoms with E-state index in [0.717, 1.165) is 15.6 Å². The molecule has 2 aromatic rings. The van der Waals surface area contributed by atoms with Crippen LogP contribution in [0.4, 0.5) is 0 Å². The van der Waals surface area contributed by atoms with Crippen LogP contribution in [0.1, 0.15) is 27.4 Å². The number of nitrogens with zero attached hydrogens (tertiary/aromatic N) is 2. The summed E-state index contributed by atoms with van der Waals surface area (Å²) in [5.74, 6) is -1.44. The Labute approximate surface area is 134 Å². The topological polar surface area (TPSA) is 83.6 Å². The molecule has 7 heteroatoms. The molecule has 1 N–H and O–H groups in total. The SMILES string of the molecule is Cc1cc(C(=O)N2Cc3cccc(Br)c3CC2C(=O)O)on1. The van der Waals surface area contributed by atoms with Crippen LogP contribution in [0.15, 0.2) is 33.3 Å². The number of carboxylic acids is 1. The predicted octanol–water partition coefficient (Wildman–Crippen LogP) is 2.40. The summed E-state index contributed by atoms with van der Waals surface area (Å²) in [6.07, 6.45) is 0.255. The number of carbonyl (C=O) groups excluding carboxylic acids is 1. The molecular formula is C15H13BrN2O4. The third kappa shape index (κ3) is 2.52. The molecule has 0 aliphatic carbocycles. The van der Waals surface area contributed by atoms with Gasteiger partial charge in [0.1, 0.15) is 6.04 Å². The van der Waals surface area contributed by atoms with Gasteiger partial charge in [-0.3, -0.25) is 4.79 Å². The maximum Gasteiger partial charge on any atom is 0.326 e. The minimum Gasteiger partial charge on any atom is -0.480 e. The Morgan fingerprint density at radius 2 is 2.23 bits per heavy atom. The molecule has 0 fully saturated rings. The van der Waals surface area contributed by atoms with E-state index in [1.54, 1.807) is 6.92 Å². The number of hydrogen-bond acceptors (Lipinski definition) is 4. The Morgan fingerprint density at radius 1 is 1.45 bits per heavy atom. The highest BCUT2D eigenvalue weighted by atomic mass is 79.9. The molecule has 114 valence electrons. The van der Waals surface area contributed by atoms with E-state index in [4.69, 9.17) is 4.52 Å². The summed E-state index contributed by atoms with van der Waals surface area (Å²) >= 11 is 3.44. The van der Waals surface area contributed by atoms with Gasteiger partial charge in [-0.05, 0) is 24.1 Å². The number of aromatic nitrogens is 1. The summed E-state index contributed by atoms with van der Waals surface area (Å²) in [6.45, 7) is 1.93. The van der Waals surface area contributed by atoms with Gasteiger partial charge in [0.2, 0.25) is 5.76 Å². The fourth-order valence-electron chi connectivity index (χ4n) is 2.62. The molecule has 6 nitrogen and oxygen atoms in total. The molecule has 1 aromatic carbocycles. The first-order chi connectivity index (χ1) is 10.5. The van der Waals surface area contributed by atoms with E-state index >= 15 is 0 Å². The van der Waals surface area contributed by atoms with Gasteiger partial charge < -0.3 is 14.5 Å². The zero-order valence-electron chi connectivity index (χ0n) is 11.7. The van der Waals surface area contributed by atoms with Crippen molar-refractivity contribution in [1.29, 1.82) is 0 Å². The van der Waals surface area contributed by atoms with E-state index in [9.17, 15) is 14.7 Å². The van der Waals surface area contributed by atoms with Crippen molar-refractivity contribution in [2.75, 3.05) is 0 Å². The highest BCUT2D eigenvalue weighted by Crippen LogP contribution is 2.30. The van der Waals surface area contributed by atoms with E-state index < -0.39 is 17.9 Å². The molecule has 0 spiro atoms. The highest BCUT2D eigenvalue weighted by Gasteiger charge is 2.37. The van der Waals surface area contributed by atoms with E-state index in [2.05, 4.69) is 21.1 Å². The fraction of sp³-hybridized carbons (Fsp3) is 0.267. The highest BCUT2D eigenvalue weighted by molar-refractivity contribution is 9.10. The first-order valence-electron chi connectivity index (χ1n) is 6.70. The van der Waals surface area contributed by atoms with Crippen molar-refractivity contribution in [3.63, 3.8) is 0 Å². The number of aryl methyl sites for hydroxylation is 1. The Kier molecular flexibility index (Phi) is 3.74. The Bertz CT molecular complexity index is 756. The molecule has 1 aromatic heterocycles. The van der Waals surface area contributed by atoms with E-state index in [0.29, 0.717) is 5.69 Å². The largest absolute Gasteiger partial charge is 0.480 e. The van der Waals surface area contributed by atoms with Gasteiger partial charge in [0.15, 0.2) is 0 Å². The second kappa shape index (κ2) is 5.57. The molecule has 0 saturated heterocycles. The van der Waals surface area contributed by atoms with Crippen LogP contribution >= 0.6 is 15.9 Å². The number of amides is 1. The molecule has 0 bridgehead atoms. The summed E-state index contributed by atoms with van der Waals surface area (Å²) < 4.78 is 5.84. The average Bonchev–Trinajstić information content (AvgIpc) is 2.92. The molecule has 1 aliphatic rings. The summed E-state index contributed by atoms with van der Waals surface area (Å²) in [7, 11) is 0. The van der Waals surface area contributed by atoms with Gasteiger partial charge in [-0.1, -0.05) is 33.2 Å². The van der Waals surface area contributed by atoms with Crippen molar-refractivity contribution in [2.45, 2.75) is 25.9 Å². The van der Waals surface area contributed by atoms with Crippen molar-refractivity contribution >= 4 is 27.8 Å². The van der Waals surface area contributed by atoms with Gasteiger partial charge in [-0.25, -0.2) is 4.79 Å². The lowest BCUT2D eigenvalue weighted by atomic mass is 9.93. The summed E-state index contributed by atoms with van der Waals surface area (Å²) in [4.78, 5) is 25.4. The second-order valence-corrected chi connectivity index (χ2v) is 6.06. The number of aliphatic carboxylic acids is 1. The number of fused-ring (bicyclic) bond motifs is 1. The third-order valence-corrected chi connectivity index (χ3v) is 4.46. The number of carboxylic acid groups (broad SMARTS) is 1. The average molecular weight is 365 g/mol. The minimum atomic E-state index is -1.04. The van der Waals surface area contributed by atoms with Gasteiger partial charge >= 0.3 is 5.97 Å². The number of carbonyl (C=O) groups is 2. The summed E-state index contributed by atoms with van der Waals surface area (Å²) in [6, 6.07) is 6.21. The lowest BCUT2D eigenvalue weighted by Gasteiger charge is -2.34. The molecule has 1 atom stereocenters. The maximum atomic E-state index is 12.5. The lowest BCUT2D eigenvalue weighted by molar-refractivity contribution is -0.142. The van der Waals surface area contributed by atoms with Gasteiger partial charge in [-0.15, -0.1) is 0 Å². The van der Waals surface area contributed by atoms with Crippen LogP contribution in [0.5, 0.6) is 0 Å². The molecule has 1 aliphatic heterocycles. The van der Waals surface area contributed by atoms with Crippen LogP contribution in [-0.4, -0.2) is 33.1 Å². The molecule has 3 rings (SSSR count). The zero-order valence-corrected chi connectivity index (χ0v) is 13.3. The zero-order chi connectivity index (χ0) is 15.9. The van der Waals surface area contributed by atoms with Crippen molar-refractivity contribution in [2.24, 2.45) is 0 Å². The smallest absolute Gasteiger partial charge is 0.326 e. The molecule has 0 radical (unpaired) electrons. The minimum absolute atomic E-state index is 0.0576. The second-order valence-electron chi connectivity index (χ2n) is 5.20. The Hall–Kier alpha value is -2.15. The van der Waals surface area contributed by atoms with Crippen LogP contribution in [-0.2, 0) is 17.8 Å². The van der Waals surface area contributed by atoms with Gasteiger partial charge in [0.25, 0.3) is 5.91 Å². The standard InChI is InChI=1S/C15H13BrN2O4/c1-8-5-13(22-17-8)14(19)18-7-9-3-2-4-11(16)10(9)6-12(18)15(20)21/h2-5,12H,6-7H2,1H3,(H,20,21). The first-order valence-corrected chi connectivity index (χ1v) is 7.50. The van der Waals surface area contributed by atoms with Crippen molar-refractivity contribution in [1.82, 2.24) is 10.1 Å². The normalized spacial score (nSPS) is 17.2. The van der Waals surface area contributed by atoms with Gasteiger partial charge in [0.05, 0.1) is 5.69 Å². The van der Waals surface area contributed by atoms with E-state index in [1.165, 1.54) is 11.0 Å². The van der Waals surface area contributed by atoms with Gasteiger partial charge in [-0.2, -0.15) is 0 Å². The molecule has 0 saturated carbocycles. The molecular weight excluding hydrogens is 352 g/mol. The summed E-state index contributed by atoms with van der Waals surface area (Å²) in [5, 5.41) is 13.2. The quantitative estimate of drug-likeness (QED) is 0.884. The van der Waals surface area contributed by atoms with Crippen LogP contribution < -0.4 is 0 Å². The molecule has 22 heavy (non-hydrogen) atoms.